The third-order valence-electron chi connectivity index (χ3n) is 4.14. The molecule has 2 N–H and O–H groups in total. The number of aromatic nitrogens is 2. The summed E-state index contributed by atoms with van der Waals surface area (Å²) < 4.78 is 5.76. The minimum Gasteiger partial charge on any atom is -0.371 e. The molecule has 1 saturated carbocycles. The summed E-state index contributed by atoms with van der Waals surface area (Å²) >= 11 is 0. The zero-order valence-electron chi connectivity index (χ0n) is 12.5. The average molecular weight is 296 g/mol. The number of benzene rings is 1. The molecule has 2 aliphatic rings. The summed E-state index contributed by atoms with van der Waals surface area (Å²) in [5, 5.41) is 6.63. The van der Waals surface area contributed by atoms with Crippen LogP contribution in [0.4, 0.5) is 11.6 Å². The molecule has 114 valence electrons. The van der Waals surface area contributed by atoms with Crippen molar-refractivity contribution in [3.63, 3.8) is 0 Å². The van der Waals surface area contributed by atoms with Crippen LogP contribution in [0.5, 0.6) is 0 Å². The summed E-state index contributed by atoms with van der Waals surface area (Å²) in [6, 6.07) is 10.3. The van der Waals surface area contributed by atoms with Gasteiger partial charge in [-0.1, -0.05) is 12.1 Å². The molecule has 2 aromatic rings. The summed E-state index contributed by atoms with van der Waals surface area (Å²) in [6.45, 7) is 2.58. The quantitative estimate of drug-likeness (QED) is 0.908. The van der Waals surface area contributed by atoms with Crippen LogP contribution in [0.15, 0.2) is 36.5 Å². The van der Waals surface area contributed by atoms with Crippen molar-refractivity contribution >= 4 is 11.6 Å². The highest BCUT2D eigenvalue weighted by atomic mass is 16.5. The lowest BCUT2D eigenvalue weighted by atomic mass is 10.1. The third kappa shape index (κ3) is 3.10. The standard InChI is InChI=1S/C17H20N4O/c1-2-12(1)15-7-8-19-17(21-15)20-14-5-3-13(4-6-14)16-11-18-9-10-22-16/h3-8,12,16,18H,1-2,9-11H2,(H,19,20,21)/t16-/m0/s1. The fourth-order valence-corrected chi connectivity index (χ4v) is 2.73. The highest BCUT2D eigenvalue weighted by molar-refractivity contribution is 5.54. The predicted octanol–water partition coefficient (Wildman–Crippen LogP) is 2.76. The van der Waals surface area contributed by atoms with E-state index in [-0.39, 0.29) is 6.10 Å². The Balaban J connectivity index is 1.45. The van der Waals surface area contributed by atoms with Crippen LogP contribution < -0.4 is 10.6 Å². The first-order valence-electron chi connectivity index (χ1n) is 7.91. The number of nitrogens with zero attached hydrogens (tertiary/aromatic N) is 2. The van der Waals surface area contributed by atoms with Crippen LogP contribution in [0.1, 0.15) is 36.1 Å². The van der Waals surface area contributed by atoms with Gasteiger partial charge in [0, 0.05) is 36.6 Å². The van der Waals surface area contributed by atoms with Crippen molar-refractivity contribution in [3.05, 3.63) is 47.8 Å². The topological polar surface area (TPSA) is 59.1 Å². The monoisotopic (exact) mass is 296 g/mol. The summed E-state index contributed by atoms with van der Waals surface area (Å²) in [6.07, 6.45) is 4.48. The lowest BCUT2D eigenvalue weighted by molar-refractivity contribution is 0.0277. The Morgan fingerprint density at radius 1 is 1.14 bits per heavy atom. The number of anilines is 2. The highest BCUT2D eigenvalue weighted by Crippen LogP contribution is 2.39. The molecular formula is C17H20N4O. The highest BCUT2D eigenvalue weighted by Gasteiger charge is 2.25. The van der Waals surface area contributed by atoms with Gasteiger partial charge in [-0.15, -0.1) is 0 Å². The molecule has 0 radical (unpaired) electrons. The molecule has 2 heterocycles. The van der Waals surface area contributed by atoms with E-state index in [1.807, 2.05) is 12.3 Å². The lowest BCUT2D eigenvalue weighted by Gasteiger charge is -2.24. The maximum absolute atomic E-state index is 5.76. The first-order valence-corrected chi connectivity index (χ1v) is 7.91. The summed E-state index contributed by atoms with van der Waals surface area (Å²) in [5.41, 5.74) is 3.35. The predicted molar refractivity (Wildman–Crippen MR) is 85.3 cm³/mol. The number of ether oxygens (including phenoxy) is 1. The second-order valence-corrected chi connectivity index (χ2v) is 5.89. The first-order chi connectivity index (χ1) is 10.9. The van der Waals surface area contributed by atoms with Crippen molar-refractivity contribution < 1.29 is 4.74 Å². The Hall–Kier alpha value is -1.98. The second kappa shape index (κ2) is 6.02. The van der Waals surface area contributed by atoms with Gasteiger partial charge in [0.1, 0.15) is 0 Å². The maximum atomic E-state index is 5.76. The fourth-order valence-electron chi connectivity index (χ4n) is 2.73. The second-order valence-electron chi connectivity index (χ2n) is 5.89. The molecule has 1 aromatic heterocycles. The van der Waals surface area contributed by atoms with Gasteiger partial charge < -0.3 is 15.4 Å². The van der Waals surface area contributed by atoms with Crippen LogP contribution in [0, 0.1) is 0 Å². The molecule has 4 rings (SSSR count). The number of nitrogens with one attached hydrogen (secondary N) is 2. The molecule has 1 aliphatic heterocycles. The molecule has 1 saturated heterocycles. The van der Waals surface area contributed by atoms with E-state index in [1.54, 1.807) is 0 Å². The van der Waals surface area contributed by atoms with E-state index in [2.05, 4.69) is 44.9 Å². The van der Waals surface area contributed by atoms with E-state index in [0.29, 0.717) is 11.9 Å². The van der Waals surface area contributed by atoms with Crippen molar-refractivity contribution in [1.82, 2.24) is 15.3 Å². The molecule has 5 heteroatoms. The molecule has 0 amide bonds. The number of rotatable bonds is 4. The van der Waals surface area contributed by atoms with E-state index in [4.69, 9.17) is 4.74 Å². The Kier molecular flexibility index (Phi) is 3.74. The maximum Gasteiger partial charge on any atom is 0.227 e. The number of morpholine rings is 1. The normalized spacial score (nSPS) is 21.5. The zero-order chi connectivity index (χ0) is 14.8. The van der Waals surface area contributed by atoms with E-state index >= 15 is 0 Å². The summed E-state index contributed by atoms with van der Waals surface area (Å²) in [5.74, 6) is 1.31. The van der Waals surface area contributed by atoms with Gasteiger partial charge in [0.25, 0.3) is 0 Å². The van der Waals surface area contributed by atoms with Gasteiger partial charge in [-0.3, -0.25) is 0 Å². The third-order valence-corrected chi connectivity index (χ3v) is 4.14. The molecule has 1 aliphatic carbocycles. The Morgan fingerprint density at radius 2 is 2.00 bits per heavy atom. The van der Waals surface area contributed by atoms with Crippen LogP contribution in [0.3, 0.4) is 0 Å². The van der Waals surface area contributed by atoms with Gasteiger partial charge in [0.05, 0.1) is 12.7 Å². The molecule has 0 unspecified atom stereocenters. The average Bonchev–Trinajstić information content (AvgIpc) is 3.42. The van der Waals surface area contributed by atoms with Crippen molar-refractivity contribution in [2.45, 2.75) is 24.9 Å². The van der Waals surface area contributed by atoms with Gasteiger partial charge in [0.15, 0.2) is 0 Å². The van der Waals surface area contributed by atoms with Crippen LogP contribution >= 0.6 is 0 Å². The zero-order valence-corrected chi connectivity index (χ0v) is 12.5. The molecule has 22 heavy (non-hydrogen) atoms. The fraction of sp³-hybridized carbons (Fsp3) is 0.412. The number of hydrogen-bond donors (Lipinski definition) is 2. The lowest BCUT2D eigenvalue weighted by Crippen LogP contribution is -2.33. The molecule has 0 bridgehead atoms. The molecule has 1 aromatic carbocycles. The Bertz CT molecular complexity index is 633. The molecular weight excluding hydrogens is 276 g/mol. The van der Waals surface area contributed by atoms with E-state index in [1.165, 1.54) is 18.4 Å². The van der Waals surface area contributed by atoms with Crippen molar-refractivity contribution in [1.29, 1.82) is 0 Å². The number of hydrogen-bond acceptors (Lipinski definition) is 5. The Morgan fingerprint density at radius 3 is 2.73 bits per heavy atom. The smallest absolute Gasteiger partial charge is 0.227 e. The van der Waals surface area contributed by atoms with E-state index in [0.717, 1.165) is 31.1 Å². The molecule has 1 atom stereocenters. The van der Waals surface area contributed by atoms with Crippen molar-refractivity contribution in [3.8, 4) is 0 Å². The van der Waals surface area contributed by atoms with Gasteiger partial charge >= 0.3 is 0 Å². The van der Waals surface area contributed by atoms with Gasteiger partial charge in [-0.25, -0.2) is 9.97 Å². The van der Waals surface area contributed by atoms with E-state index in [9.17, 15) is 0 Å². The molecule has 2 fully saturated rings. The van der Waals surface area contributed by atoms with Gasteiger partial charge in [0.2, 0.25) is 5.95 Å². The first kappa shape index (κ1) is 13.7. The SMILES string of the molecule is c1cc(C2CC2)nc(Nc2ccc([C@@H]3CNCCO3)cc2)n1. The minimum atomic E-state index is 0.150. The minimum absolute atomic E-state index is 0.150. The summed E-state index contributed by atoms with van der Waals surface area (Å²) in [4.78, 5) is 8.89. The van der Waals surface area contributed by atoms with E-state index < -0.39 is 0 Å². The van der Waals surface area contributed by atoms with Gasteiger partial charge in [-0.2, -0.15) is 0 Å². The van der Waals surface area contributed by atoms with Crippen LogP contribution in [-0.4, -0.2) is 29.7 Å². The van der Waals surface area contributed by atoms with Crippen molar-refractivity contribution in [2.75, 3.05) is 25.0 Å². The van der Waals surface area contributed by atoms with Crippen LogP contribution in [0.2, 0.25) is 0 Å². The summed E-state index contributed by atoms with van der Waals surface area (Å²) in [7, 11) is 0. The van der Waals surface area contributed by atoms with Crippen LogP contribution in [0.25, 0.3) is 0 Å². The molecule has 5 nitrogen and oxygen atoms in total. The Labute approximate surface area is 130 Å². The van der Waals surface area contributed by atoms with Crippen molar-refractivity contribution in [2.24, 2.45) is 0 Å². The largest absolute Gasteiger partial charge is 0.371 e. The molecule has 0 spiro atoms. The van der Waals surface area contributed by atoms with Gasteiger partial charge in [-0.05, 0) is 36.6 Å². The van der Waals surface area contributed by atoms with Crippen LogP contribution in [-0.2, 0) is 4.74 Å².